The van der Waals surface area contributed by atoms with E-state index in [1.54, 1.807) is 36.4 Å². The van der Waals surface area contributed by atoms with Crippen molar-refractivity contribution in [2.75, 3.05) is 18.6 Å². The first-order chi connectivity index (χ1) is 19.7. The second-order valence-corrected chi connectivity index (χ2v) is 9.83. The Balaban J connectivity index is 1.59. The van der Waals surface area contributed by atoms with E-state index in [9.17, 15) is 27.6 Å². The third kappa shape index (κ3) is 5.68. The van der Waals surface area contributed by atoms with Crippen LogP contribution in [0.25, 0.3) is 6.08 Å². The minimum atomic E-state index is -5.16. The largest absolute Gasteiger partial charge is 0.471 e. The summed E-state index contributed by atoms with van der Waals surface area (Å²) in [6, 6.07) is 20.3. The number of carbonyl (C=O) groups excluding carboxylic acids is 3. The Morgan fingerprint density at radius 2 is 1.66 bits per heavy atom. The van der Waals surface area contributed by atoms with Gasteiger partial charge in [0.25, 0.3) is 0 Å². The number of methoxy groups -OCH3 is 1. The van der Waals surface area contributed by atoms with Crippen molar-refractivity contribution in [3.8, 4) is 0 Å². The number of fused-ring (bicyclic) bond motifs is 3. The topological polar surface area (TPSA) is 76.2 Å². The van der Waals surface area contributed by atoms with Crippen LogP contribution in [-0.4, -0.2) is 48.7 Å². The molecule has 2 aliphatic heterocycles. The van der Waals surface area contributed by atoms with Crippen LogP contribution < -0.4 is 4.90 Å². The highest BCUT2D eigenvalue weighted by molar-refractivity contribution is 6.01. The molecule has 0 aromatic heterocycles. The standard InChI is InChI=1S/C31H27F3N2O5/c1-40-28(37)22-13-15-26-24(18-22)27-23(16-17-35(27)30(39)41-19-21-10-6-3-7-11-21)25(36(26)29(38)31(32,33)34)14-12-20-8-4-2-5-9-20/h2-15,18,23,25,27H,16-17,19H2,1H3/b14-12+/t23-,25+,27-/m0/s1. The normalized spacial score (nSPS) is 20.0. The van der Waals surface area contributed by atoms with Gasteiger partial charge in [-0.2, -0.15) is 13.2 Å². The Labute approximate surface area is 234 Å². The van der Waals surface area contributed by atoms with Crippen molar-refractivity contribution in [2.45, 2.75) is 31.3 Å². The summed E-state index contributed by atoms with van der Waals surface area (Å²) in [5.74, 6) is -3.33. The number of benzene rings is 3. The lowest BCUT2D eigenvalue weighted by Crippen LogP contribution is -2.54. The summed E-state index contributed by atoms with van der Waals surface area (Å²) in [6.45, 7) is 0.202. The van der Waals surface area contributed by atoms with E-state index in [-0.39, 0.29) is 30.0 Å². The molecule has 0 N–H and O–H groups in total. The van der Waals surface area contributed by atoms with Crippen molar-refractivity contribution < 1.29 is 37.0 Å². The lowest BCUT2D eigenvalue weighted by molar-refractivity contribution is -0.171. The molecule has 41 heavy (non-hydrogen) atoms. The predicted octanol–water partition coefficient (Wildman–Crippen LogP) is 6.16. The average Bonchev–Trinajstić information content (AvgIpc) is 3.43. The molecule has 5 rings (SSSR count). The first-order valence-corrected chi connectivity index (χ1v) is 13.0. The molecular formula is C31H27F3N2O5. The molecule has 2 aliphatic rings. The fourth-order valence-corrected chi connectivity index (χ4v) is 5.57. The van der Waals surface area contributed by atoms with Crippen LogP contribution in [0.1, 0.15) is 39.5 Å². The minimum absolute atomic E-state index is 0.0125. The number of anilines is 1. The summed E-state index contributed by atoms with van der Waals surface area (Å²) in [6.07, 6.45) is -2.25. The van der Waals surface area contributed by atoms with E-state index in [1.807, 2.05) is 36.4 Å². The van der Waals surface area contributed by atoms with E-state index in [0.29, 0.717) is 6.42 Å². The zero-order valence-corrected chi connectivity index (χ0v) is 22.1. The molecule has 0 radical (unpaired) electrons. The van der Waals surface area contributed by atoms with E-state index in [4.69, 9.17) is 9.47 Å². The van der Waals surface area contributed by atoms with Gasteiger partial charge in [-0.15, -0.1) is 0 Å². The quantitative estimate of drug-likeness (QED) is 0.347. The smallest absolute Gasteiger partial charge is 0.465 e. The van der Waals surface area contributed by atoms with Gasteiger partial charge in [-0.3, -0.25) is 9.69 Å². The van der Waals surface area contributed by atoms with E-state index >= 15 is 0 Å². The molecule has 3 atom stereocenters. The zero-order chi connectivity index (χ0) is 29.1. The monoisotopic (exact) mass is 564 g/mol. The molecule has 3 aromatic rings. The van der Waals surface area contributed by atoms with Crippen LogP contribution in [0.5, 0.6) is 0 Å². The van der Waals surface area contributed by atoms with Gasteiger partial charge in [0, 0.05) is 18.2 Å². The average molecular weight is 565 g/mol. The van der Waals surface area contributed by atoms with Crippen LogP contribution in [0.15, 0.2) is 84.9 Å². The van der Waals surface area contributed by atoms with Crippen LogP contribution >= 0.6 is 0 Å². The number of likely N-dealkylation sites (tertiary alicyclic amines) is 1. The second kappa shape index (κ2) is 11.5. The van der Waals surface area contributed by atoms with Crippen LogP contribution in [0.3, 0.4) is 0 Å². The highest BCUT2D eigenvalue weighted by atomic mass is 19.4. The van der Waals surface area contributed by atoms with Crippen LogP contribution in [0.4, 0.5) is 23.7 Å². The molecule has 10 heteroatoms. The summed E-state index contributed by atoms with van der Waals surface area (Å²) in [4.78, 5) is 40.8. The number of hydrogen-bond donors (Lipinski definition) is 0. The van der Waals surface area contributed by atoms with Crippen molar-refractivity contribution in [3.63, 3.8) is 0 Å². The second-order valence-electron chi connectivity index (χ2n) is 9.83. The van der Waals surface area contributed by atoms with Crippen molar-refractivity contribution in [2.24, 2.45) is 5.92 Å². The van der Waals surface area contributed by atoms with E-state index in [0.717, 1.165) is 16.0 Å². The number of rotatable bonds is 5. The summed E-state index contributed by atoms with van der Waals surface area (Å²) >= 11 is 0. The Kier molecular flexibility index (Phi) is 7.83. The molecule has 0 unspecified atom stereocenters. The molecule has 3 aromatic carbocycles. The third-order valence-electron chi connectivity index (χ3n) is 7.39. The number of esters is 1. The Morgan fingerprint density at radius 1 is 0.976 bits per heavy atom. The first kappa shape index (κ1) is 27.9. The fraction of sp³-hybridized carbons (Fsp3) is 0.258. The number of alkyl halides is 3. The van der Waals surface area contributed by atoms with Crippen LogP contribution in [0, 0.1) is 5.92 Å². The molecule has 2 amide bonds. The first-order valence-electron chi connectivity index (χ1n) is 13.0. The Morgan fingerprint density at radius 3 is 2.32 bits per heavy atom. The molecular weight excluding hydrogens is 537 g/mol. The van der Waals surface area contributed by atoms with E-state index in [1.165, 1.54) is 30.2 Å². The maximum atomic E-state index is 14.0. The van der Waals surface area contributed by atoms with Gasteiger partial charge in [-0.1, -0.05) is 72.8 Å². The predicted molar refractivity (Wildman–Crippen MR) is 145 cm³/mol. The SMILES string of the molecule is COC(=O)c1ccc2c(c1)[C@@H]1[C@@H](CCN1C(=O)OCc1ccccc1)[C@@H](/C=C/c1ccccc1)N2C(=O)C(F)(F)F. The maximum absolute atomic E-state index is 14.0. The summed E-state index contributed by atoms with van der Waals surface area (Å²) in [5.41, 5.74) is 1.82. The number of nitrogens with zero attached hydrogens (tertiary/aromatic N) is 2. The lowest BCUT2D eigenvalue weighted by atomic mass is 9.80. The number of amides is 2. The highest BCUT2D eigenvalue weighted by Crippen LogP contribution is 2.51. The van der Waals surface area contributed by atoms with Gasteiger partial charge in [-0.25, -0.2) is 9.59 Å². The number of hydrogen-bond acceptors (Lipinski definition) is 5. The molecule has 0 aliphatic carbocycles. The molecule has 212 valence electrons. The minimum Gasteiger partial charge on any atom is -0.465 e. The van der Waals surface area contributed by atoms with Crippen molar-refractivity contribution >= 4 is 29.7 Å². The number of ether oxygens (including phenoxy) is 2. The summed E-state index contributed by atoms with van der Waals surface area (Å²) < 4.78 is 52.3. The van der Waals surface area contributed by atoms with Gasteiger partial charge in [0.05, 0.1) is 24.8 Å². The van der Waals surface area contributed by atoms with E-state index in [2.05, 4.69) is 0 Å². The Hall–Kier alpha value is -4.60. The summed E-state index contributed by atoms with van der Waals surface area (Å²) in [5, 5.41) is 0. The molecule has 2 heterocycles. The molecule has 1 fully saturated rings. The van der Waals surface area contributed by atoms with Gasteiger partial charge in [-0.05, 0) is 41.3 Å². The highest BCUT2D eigenvalue weighted by Gasteiger charge is 2.54. The molecule has 0 bridgehead atoms. The van der Waals surface area contributed by atoms with Gasteiger partial charge in [0.2, 0.25) is 0 Å². The maximum Gasteiger partial charge on any atom is 0.471 e. The molecule has 1 saturated heterocycles. The molecule has 7 nitrogen and oxygen atoms in total. The van der Waals surface area contributed by atoms with Crippen LogP contribution in [0.2, 0.25) is 0 Å². The van der Waals surface area contributed by atoms with Crippen LogP contribution in [-0.2, 0) is 20.9 Å². The van der Waals surface area contributed by atoms with Crippen molar-refractivity contribution in [1.82, 2.24) is 4.90 Å². The molecule has 0 spiro atoms. The van der Waals surface area contributed by atoms with Gasteiger partial charge < -0.3 is 14.4 Å². The number of halogens is 3. The van der Waals surface area contributed by atoms with Gasteiger partial charge in [0.1, 0.15) is 6.61 Å². The van der Waals surface area contributed by atoms with E-state index < -0.39 is 42.1 Å². The van der Waals surface area contributed by atoms with Gasteiger partial charge >= 0.3 is 24.1 Å². The molecule has 0 saturated carbocycles. The number of carbonyl (C=O) groups is 3. The fourth-order valence-electron chi connectivity index (χ4n) is 5.57. The van der Waals surface area contributed by atoms with Gasteiger partial charge in [0.15, 0.2) is 0 Å². The van der Waals surface area contributed by atoms with Crippen molar-refractivity contribution in [3.05, 3.63) is 107 Å². The third-order valence-corrected chi connectivity index (χ3v) is 7.39. The Bertz CT molecular complexity index is 1460. The lowest BCUT2D eigenvalue weighted by Gasteiger charge is -2.44. The zero-order valence-electron chi connectivity index (χ0n) is 22.1. The summed E-state index contributed by atoms with van der Waals surface area (Å²) in [7, 11) is 1.19. The van der Waals surface area contributed by atoms with Crippen molar-refractivity contribution in [1.29, 1.82) is 0 Å².